The Morgan fingerprint density at radius 2 is 2.19 bits per heavy atom. The molecular weight excluding hydrogens is 234 g/mol. The summed E-state index contributed by atoms with van der Waals surface area (Å²) in [7, 11) is 0. The Balaban J connectivity index is 2.56. The molecule has 0 spiro atoms. The summed E-state index contributed by atoms with van der Waals surface area (Å²) in [6.45, 7) is 3.39. The minimum absolute atomic E-state index is 0.0684. The van der Waals surface area contributed by atoms with Gasteiger partial charge in [0.2, 0.25) is 0 Å². The first kappa shape index (κ1) is 12.7. The molecule has 0 unspecified atom stereocenters. The van der Waals surface area contributed by atoms with E-state index in [1.165, 1.54) is 18.2 Å². The van der Waals surface area contributed by atoms with Gasteiger partial charge in [0, 0.05) is 18.7 Å². The molecule has 0 aliphatic carbocycles. The van der Waals surface area contributed by atoms with Crippen LogP contribution in [-0.4, -0.2) is 24.7 Å². The summed E-state index contributed by atoms with van der Waals surface area (Å²) in [4.78, 5) is 9.96. The summed E-state index contributed by atoms with van der Waals surface area (Å²) in [5.41, 5.74) is -0.126. The topological polar surface area (TPSA) is 61.6 Å². The first-order valence-corrected chi connectivity index (χ1v) is 5.17. The van der Waals surface area contributed by atoms with Crippen molar-refractivity contribution in [3.05, 3.63) is 33.3 Å². The maximum Gasteiger partial charge on any atom is 0.288 e. The number of hydrogen-bond acceptors (Lipinski definition) is 4. The van der Waals surface area contributed by atoms with Crippen LogP contribution in [0, 0.1) is 10.1 Å². The molecule has 5 nitrogen and oxygen atoms in total. The Morgan fingerprint density at radius 1 is 1.44 bits per heavy atom. The monoisotopic (exact) mass is 245 g/mol. The van der Waals surface area contributed by atoms with Crippen molar-refractivity contribution < 1.29 is 14.4 Å². The number of hydrogen-bond donors (Lipinski definition) is 0. The van der Waals surface area contributed by atoms with Crippen LogP contribution < -0.4 is 4.74 Å². The zero-order chi connectivity index (χ0) is 12.0. The summed E-state index contributed by atoms with van der Waals surface area (Å²) < 4.78 is 10.4. The Morgan fingerprint density at radius 3 is 2.75 bits per heavy atom. The lowest BCUT2D eigenvalue weighted by atomic mass is 10.3. The van der Waals surface area contributed by atoms with Crippen LogP contribution in [0.1, 0.15) is 6.92 Å². The quantitative estimate of drug-likeness (QED) is 0.439. The van der Waals surface area contributed by atoms with E-state index in [1.54, 1.807) is 0 Å². The number of rotatable bonds is 6. The lowest BCUT2D eigenvalue weighted by molar-refractivity contribution is -0.384. The van der Waals surface area contributed by atoms with E-state index in [0.717, 1.165) is 0 Å². The Labute approximate surface area is 98.1 Å². The Kier molecular flexibility index (Phi) is 5.01. The average molecular weight is 246 g/mol. The van der Waals surface area contributed by atoms with Crippen molar-refractivity contribution in [1.29, 1.82) is 0 Å². The largest absolute Gasteiger partial charge is 0.491 e. The fourth-order valence-electron chi connectivity index (χ4n) is 1.09. The molecule has 1 rings (SSSR count). The predicted molar refractivity (Wildman–Crippen MR) is 60.1 cm³/mol. The maximum absolute atomic E-state index is 10.5. The minimum Gasteiger partial charge on any atom is -0.491 e. The molecule has 1 aromatic rings. The van der Waals surface area contributed by atoms with Crippen LogP contribution in [0.2, 0.25) is 5.02 Å². The minimum atomic E-state index is -0.535. The van der Waals surface area contributed by atoms with Crippen molar-refractivity contribution in [3.63, 3.8) is 0 Å². The van der Waals surface area contributed by atoms with E-state index >= 15 is 0 Å². The highest BCUT2D eigenvalue weighted by Gasteiger charge is 2.12. The SMILES string of the molecule is CCOCCOc1ccc([N+](=O)[O-])c(Cl)c1. The maximum atomic E-state index is 10.5. The normalized spacial score (nSPS) is 10.1. The van der Waals surface area contributed by atoms with Crippen molar-refractivity contribution in [2.24, 2.45) is 0 Å². The van der Waals surface area contributed by atoms with Crippen molar-refractivity contribution in [1.82, 2.24) is 0 Å². The van der Waals surface area contributed by atoms with Gasteiger partial charge in [0.05, 0.1) is 11.5 Å². The highest BCUT2D eigenvalue weighted by Crippen LogP contribution is 2.28. The van der Waals surface area contributed by atoms with Gasteiger partial charge in [0.25, 0.3) is 5.69 Å². The number of nitro groups is 1. The fraction of sp³-hybridized carbons (Fsp3) is 0.400. The van der Waals surface area contributed by atoms with Gasteiger partial charge in [-0.1, -0.05) is 11.6 Å². The molecular formula is C10H12ClNO4. The zero-order valence-corrected chi connectivity index (χ0v) is 9.57. The highest BCUT2D eigenvalue weighted by atomic mass is 35.5. The molecule has 1 aromatic carbocycles. The third-order valence-corrected chi connectivity index (χ3v) is 2.12. The molecule has 0 saturated carbocycles. The van der Waals surface area contributed by atoms with E-state index in [-0.39, 0.29) is 10.7 Å². The summed E-state index contributed by atoms with van der Waals surface area (Å²) in [6, 6.07) is 4.25. The van der Waals surface area contributed by atoms with Gasteiger partial charge >= 0.3 is 0 Å². The van der Waals surface area contributed by atoms with Crippen molar-refractivity contribution >= 4 is 17.3 Å². The highest BCUT2D eigenvalue weighted by molar-refractivity contribution is 6.32. The number of ether oxygens (including phenoxy) is 2. The Bertz CT molecular complexity index is 370. The van der Waals surface area contributed by atoms with Crippen molar-refractivity contribution in [2.45, 2.75) is 6.92 Å². The predicted octanol–water partition coefficient (Wildman–Crippen LogP) is 2.66. The van der Waals surface area contributed by atoms with E-state index in [0.29, 0.717) is 25.6 Å². The van der Waals surface area contributed by atoms with E-state index in [1.807, 2.05) is 6.92 Å². The lowest BCUT2D eigenvalue weighted by Crippen LogP contribution is -2.06. The van der Waals surface area contributed by atoms with Crippen LogP contribution in [0.4, 0.5) is 5.69 Å². The van der Waals surface area contributed by atoms with Crippen LogP contribution in [-0.2, 0) is 4.74 Å². The van der Waals surface area contributed by atoms with E-state index in [2.05, 4.69) is 0 Å². The van der Waals surface area contributed by atoms with Crippen molar-refractivity contribution in [2.75, 3.05) is 19.8 Å². The number of benzene rings is 1. The van der Waals surface area contributed by atoms with Crippen LogP contribution >= 0.6 is 11.6 Å². The summed E-state index contributed by atoms with van der Waals surface area (Å²) in [6.07, 6.45) is 0. The molecule has 16 heavy (non-hydrogen) atoms. The van der Waals surface area contributed by atoms with Crippen molar-refractivity contribution in [3.8, 4) is 5.75 Å². The lowest BCUT2D eigenvalue weighted by Gasteiger charge is -2.06. The van der Waals surface area contributed by atoms with Gasteiger partial charge in [-0.2, -0.15) is 0 Å². The summed E-state index contributed by atoms with van der Waals surface area (Å²) >= 11 is 5.71. The standard InChI is InChI=1S/C10H12ClNO4/c1-2-15-5-6-16-8-3-4-10(12(13)14)9(11)7-8/h3-4,7H,2,5-6H2,1H3. The van der Waals surface area contributed by atoms with Crippen LogP contribution in [0.15, 0.2) is 18.2 Å². The molecule has 6 heteroatoms. The van der Waals surface area contributed by atoms with Gasteiger partial charge in [0.1, 0.15) is 17.4 Å². The molecule has 0 amide bonds. The number of nitro benzene ring substituents is 1. The van der Waals surface area contributed by atoms with Gasteiger partial charge in [-0.05, 0) is 13.0 Å². The van der Waals surface area contributed by atoms with E-state index in [4.69, 9.17) is 21.1 Å². The van der Waals surface area contributed by atoms with E-state index in [9.17, 15) is 10.1 Å². The molecule has 0 aromatic heterocycles. The van der Waals surface area contributed by atoms with Gasteiger partial charge in [-0.3, -0.25) is 10.1 Å². The second kappa shape index (κ2) is 6.30. The molecule has 0 aliphatic heterocycles. The van der Waals surface area contributed by atoms with Crippen LogP contribution in [0.5, 0.6) is 5.75 Å². The fourth-order valence-corrected chi connectivity index (χ4v) is 1.33. The summed E-state index contributed by atoms with van der Waals surface area (Å²) in [5.74, 6) is 0.496. The first-order valence-electron chi connectivity index (χ1n) is 4.79. The van der Waals surface area contributed by atoms with Gasteiger partial charge in [-0.25, -0.2) is 0 Å². The molecule has 0 aliphatic rings. The third kappa shape index (κ3) is 3.67. The second-order valence-electron chi connectivity index (χ2n) is 2.92. The molecule has 0 saturated heterocycles. The summed E-state index contributed by atoms with van der Waals surface area (Å²) in [5, 5.41) is 10.6. The smallest absolute Gasteiger partial charge is 0.288 e. The molecule has 88 valence electrons. The van der Waals surface area contributed by atoms with E-state index < -0.39 is 4.92 Å². The first-order chi connectivity index (χ1) is 7.65. The van der Waals surface area contributed by atoms with Gasteiger partial charge in [0.15, 0.2) is 0 Å². The average Bonchev–Trinajstić information content (AvgIpc) is 2.24. The van der Waals surface area contributed by atoms with Crippen LogP contribution in [0.3, 0.4) is 0 Å². The Hall–Kier alpha value is -1.33. The van der Waals surface area contributed by atoms with Gasteiger partial charge in [-0.15, -0.1) is 0 Å². The molecule has 0 radical (unpaired) electrons. The molecule has 0 fully saturated rings. The molecule has 0 atom stereocenters. The zero-order valence-electron chi connectivity index (χ0n) is 8.81. The second-order valence-corrected chi connectivity index (χ2v) is 3.32. The number of halogens is 1. The molecule has 0 heterocycles. The molecule has 0 bridgehead atoms. The number of nitrogens with zero attached hydrogens (tertiary/aromatic N) is 1. The molecule has 0 N–H and O–H groups in total. The third-order valence-electron chi connectivity index (χ3n) is 1.82. The van der Waals surface area contributed by atoms with Gasteiger partial charge < -0.3 is 9.47 Å². The van der Waals surface area contributed by atoms with Crippen LogP contribution in [0.25, 0.3) is 0 Å².